The van der Waals surface area contributed by atoms with Gasteiger partial charge in [0.1, 0.15) is 10.8 Å². The standard InChI is InChI=1S/C18H18N2O2S2/c1-22-16-7-3-2-6-15(16)18-20-13(12-24-18)8-9-19-17(21)11-14-5-4-10-23-14/h2-7,10,12H,8-9,11H2,1H3,(H,19,21). The molecule has 1 aromatic carbocycles. The van der Waals surface area contributed by atoms with Crippen molar-refractivity contribution in [2.45, 2.75) is 12.8 Å². The van der Waals surface area contributed by atoms with Crippen molar-refractivity contribution in [2.24, 2.45) is 0 Å². The Hall–Kier alpha value is -2.18. The molecule has 0 bridgehead atoms. The summed E-state index contributed by atoms with van der Waals surface area (Å²) in [6, 6.07) is 11.8. The molecule has 3 rings (SSSR count). The van der Waals surface area contributed by atoms with Crippen LogP contribution in [0.5, 0.6) is 5.75 Å². The van der Waals surface area contributed by atoms with Gasteiger partial charge in [0.15, 0.2) is 0 Å². The number of hydrogen-bond donors (Lipinski definition) is 1. The third-order valence-electron chi connectivity index (χ3n) is 3.51. The third kappa shape index (κ3) is 4.21. The van der Waals surface area contributed by atoms with E-state index < -0.39 is 0 Å². The van der Waals surface area contributed by atoms with E-state index in [1.807, 2.05) is 47.2 Å². The number of methoxy groups -OCH3 is 1. The first-order valence-corrected chi connectivity index (χ1v) is 9.39. The number of thiophene rings is 1. The summed E-state index contributed by atoms with van der Waals surface area (Å²) in [6.07, 6.45) is 1.17. The number of hydrogen-bond acceptors (Lipinski definition) is 5. The minimum Gasteiger partial charge on any atom is -0.496 e. The molecule has 24 heavy (non-hydrogen) atoms. The molecule has 0 aliphatic rings. The van der Waals surface area contributed by atoms with Crippen molar-refractivity contribution in [3.8, 4) is 16.3 Å². The lowest BCUT2D eigenvalue weighted by Crippen LogP contribution is -2.27. The van der Waals surface area contributed by atoms with E-state index in [4.69, 9.17) is 4.74 Å². The molecular formula is C18H18N2O2S2. The molecular weight excluding hydrogens is 340 g/mol. The molecule has 0 aliphatic carbocycles. The monoisotopic (exact) mass is 358 g/mol. The minimum absolute atomic E-state index is 0.0534. The van der Waals surface area contributed by atoms with Gasteiger partial charge in [-0.25, -0.2) is 4.98 Å². The largest absolute Gasteiger partial charge is 0.496 e. The Morgan fingerprint density at radius 1 is 1.21 bits per heavy atom. The van der Waals surface area contributed by atoms with E-state index >= 15 is 0 Å². The maximum Gasteiger partial charge on any atom is 0.225 e. The van der Waals surface area contributed by atoms with Crippen LogP contribution in [0.2, 0.25) is 0 Å². The van der Waals surface area contributed by atoms with Crippen LogP contribution in [0, 0.1) is 0 Å². The van der Waals surface area contributed by atoms with E-state index in [9.17, 15) is 4.79 Å². The van der Waals surface area contributed by atoms with E-state index in [1.54, 1.807) is 29.8 Å². The number of thiazole rings is 1. The molecule has 6 heteroatoms. The number of carbonyl (C=O) groups excluding carboxylic acids is 1. The lowest BCUT2D eigenvalue weighted by Gasteiger charge is -2.05. The molecule has 0 aliphatic heterocycles. The van der Waals surface area contributed by atoms with Gasteiger partial charge in [-0.3, -0.25) is 4.79 Å². The van der Waals surface area contributed by atoms with Crippen molar-refractivity contribution in [2.75, 3.05) is 13.7 Å². The van der Waals surface area contributed by atoms with Gasteiger partial charge in [-0.15, -0.1) is 22.7 Å². The van der Waals surface area contributed by atoms with Crippen LogP contribution in [-0.4, -0.2) is 24.5 Å². The molecule has 1 N–H and O–H groups in total. The van der Waals surface area contributed by atoms with Crippen molar-refractivity contribution in [3.63, 3.8) is 0 Å². The first-order valence-electron chi connectivity index (χ1n) is 7.63. The smallest absolute Gasteiger partial charge is 0.225 e. The molecule has 0 unspecified atom stereocenters. The van der Waals surface area contributed by atoms with Crippen LogP contribution in [-0.2, 0) is 17.6 Å². The second kappa shape index (κ2) is 8.08. The molecule has 4 nitrogen and oxygen atoms in total. The normalized spacial score (nSPS) is 10.5. The predicted molar refractivity (Wildman–Crippen MR) is 98.8 cm³/mol. The zero-order chi connectivity index (χ0) is 16.8. The number of benzene rings is 1. The lowest BCUT2D eigenvalue weighted by molar-refractivity contribution is -0.120. The molecule has 0 radical (unpaired) electrons. The highest BCUT2D eigenvalue weighted by Gasteiger charge is 2.10. The fourth-order valence-electron chi connectivity index (χ4n) is 2.33. The molecule has 0 saturated carbocycles. The molecule has 2 heterocycles. The van der Waals surface area contributed by atoms with Crippen LogP contribution < -0.4 is 10.1 Å². The van der Waals surface area contributed by atoms with Gasteiger partial charge in [-0.2, -0.15) is 0 Å². The second-order valence-corrected chi connectivity index (χ2v) is 7.09. The molecule has 0 atom stereocenters. The minimum atomic E-state index is 0.0534. The van der Waals surface area contributed by atoms with E-state index in [1.165, 1.54) is 0 Å². The van der Waals surface area contributed by atoms with Crippen LogP contribution >= 0.6 is 22.7 Å². The number of nitrogens with one attached hydrogen (secondary N) is 1. The Labute approximate surface area is 149 Å². The number of ether oxygens (including phenoxy) is 1. The van der Waals surface area contributed by atoms with E-state index in [0.29, 0.717) is 13.0 Å². The van der Waals surface area contributed by atoms with E-state index in [0.717, 1.165) is 33.3 Å². The molecule has 0 fully saturated rings. The summed E-state index contributed by atoms with van der Waals surface area (Å²) >= 11 is 3.19. The third-order valence-corrected chi connectivity index (χ3v) is 5.31. The van der Waals surface area contributed by atoms with Gasteiger partial charge in [0, 0.05) is 23.2 Å². The number of carbonyl (C=O) groups is 1. The number of aromatic nitrogens is 1. The highest BCUT2D eigenvalue weighted by molar-refractivity contribution is 7.13. The van der Waals surface area contributed by atoms with Gasteiger partial charge in [0.05, 0.1) is 24.8 Å². The molecule has 2 aromatic heterocycles. The Morgan fingerprint density at radius 2 is 2.08 bits per heavy atom. The van der Waals surface area contributed by atoms with Crippen LogP contribution in [0.3, 0.4) is 0 Å². The average Bonchev–Trinajstić information content (AvgIpc) is 3.27. The van der Waals surface area contributed by atoms with Gasteiger partial charge in [0.25, 0.3) is 0 Å². The van der Waals surface area contributed by atoms with Crippen LogP contribution in [0.1, 0.15) is 10.6 Å². The average molecular weight is 358 g/mol. The first-order chi connectivity index (χ1) is 11.8. The predicted octanol–water partition coefficient (Wildman–Crippen LogP) is 3.78. The summed E-state index contributed by atoms with van der Waals surface area (Å²) in [6.45, 7) is 0.597. The fourth-order valence-corrected chi connectivity index (χ4v) is 3.92. The number of para-hydroxylation sites is 1. The van der Waals surface area contributed by atoms with Gasteiger partial charge >= 0.3 is 0 Å². The SMILES string of the molecule is COc1ccccc1-c1nc(CCNC(=O)Cc2cccs2)cs1. The molecule has 1 amide bonds. The number of nitrogens with zero attached hydrogens (tertiary/aromatic N) is 1. The van der Waals surface area contributed by atoms with Gasteiger partial charge in [0.2, 0.25) is 5.91 Å². The van der Waals surface area contributed by atoms with Crippen LogP contribution in [0.4, 0.5) is 0 Å². The first kappa shape index (κ1) is 16.7. The fraction of sp³-hybridized carbons (Fsp3) is 0.222. The maximum absolute atomic E-state index is 11.9. The Kier molecular flexibility index (Phi) is 5.61. The molecule has 0 spiro atoms. The highest BCUT2D eigenvalue weighted by atomic mass is 32.1. The van der Waals surface area contributed by atoms with Crippen molar-refractivity contribution < 1.29 is 9.53 Å². The topological polar surface area (TPSA) is 51.2 Å². The highest BCUT2D eigenvalue weighted by Crippen LogP contribution is 2.31. The summed E-state index contributed by atoms with van der Waals surface area (Å²) in [5.41, 5.74) is 1.98. The summed E-state index contributed by atoms with van der Waals surface area (Å²) in [5, 5.41) is 7.90. The Morgan fingerprint density at radius 3 is 2.88 bits per heavy atom. The lowest BCUT2D eigenvalue weighted by atomic mass is 10.2. The van der Waals surface area contributed by atoms with E-state index in [2.05, 4.69) is 10.3 Å². The zero-order valence-electron chi connectivity index (χ0n) is 13.3. The summed E-state index contributed by atoms with van der Waals surface area (Å²) < 4.78 is 5.38. The maximum atomic E-state index is 11.9. The van der Waals surface area contributed by atoms with Crippen molar-refractivity contribution in [1.82, 2.24) is 10.3 Å². The van der Waals surface area contributed by atoms with E-state index in [-0.39, 0.29) is 5.91 Å². The molecule has 124 valence electrons. The quantitative estimate of drug-likeness (QED) is 0.699. The number of rotatable bonds is 7. The Balaban J connectivity index is 1.54. The van der Waals surface area contributed by atoms with Gasteiger partial charge in [-0.1, -0.05) is 18.2 Å². The van der Waals surface area contributed by atoms with Crippen LogP contribution in [0.25, 0.3) is 10.6 Å². The molecule has 0 saturated heterocycles. The zero-order valence-corrected chi connectivity index (χ0v) is 15.0. The summed E-state index contributed by atoms with van der Waals surface area (Å²) in [5.74, 6) is 0.875. The van der Waals surface area contributed by atoms with Crippen molar-refractivity contribution in [3.05, 3.63) is 57.7 Å². The van der Waals surface area contributed by atoms with Gasteiger partial charge in [-0.05, 0) is 23.6 Å². The second-order valence-electron chi connectivity index (χ2n) is 5.20. The van der Waals surface area contributed by atoms with Crippen molar-refractivity contribution in [1.29, 1.82) is 0 Å². The van der Waals surface area contributed by atoms with Crippen molar-refractivity contribution >= 4 is 28.6 Å². The van der Waals surface area contributed by atoms with Crippen LogP contribution in [0.15, 0.2) is 47.2 Å². The summed E-state index contributed by atoms with van der Waals surface area (Å²) in [4.78, 5) is 17.6. The molecule has 3 aromatic rings. The summed E-state index contributed by atoms with van der Waals surface area (Å²) in [7, 11) is 1.66. The Bertz CT molecular complexity index is 797. The van der Waals surface area contributed by atoms with Gasteiger partial charge < -0.3 is 10.1 Å². The number of amides is 1.